The van der Waals surface area contributed by atoms with Crippen LogP contribution < -0.4 is 0 Å². The van der Waals surface area contributed by atoms with Gasteiger partial charge in [0.05, 0.1) is 18.8 Å². The zero-order chi connectivity index (χ0) is 11.1. The fourth-order valence-corrected chi connectivity index (χ4v) is 1.35. The van der Waals surface area contributed by atoms with E-state index in [9.17, 15) is 0 Å². The van der Waals surface area contributed by atoms with Crippen LogP contribution in [-0.4, -0.2) is 28.2 Å². The number of aromatic nitrogens is 3. The predicted molar refractivity (Wildman–Crippen MR) is 62.9 cm³/mol. The van der Waals surface area contributed by atoms with Gasteiger partial charge in [-0.05, 0) is 12.3 Å². The number of hydrogen-bond acceptors (Lipinski definition) is 3. The molecule has 0 saturated carbocycles. The van der Waals surface area contributed by atoms with Gasteiger partial charge in [0, 0.05) is 18.1 Å². The van der Waals surface area contributed by atoms with E-state index in [1.54, 1.807) is 0 Å². The van der Waals surface area contributed by atoms with E-state index >= 15 is 0 Å². The highest BCUT2D eigenvalue weighted by Gasteiger charge is 1.98. The van der Waals surface area contributed by atoms with Crippen LogP contribution in [0.25, 0.3) is 0 Å². The summed E-state index contributed by atoms with van der Waals surface area (Å²) in [6.07, 6.45) is 3.05. The molecule has 1 heterocycles. The van der Waals surface area contributed by atoms with Crippen molar-refractivity contribution in [3.63, 3.8) is 0 Å². The lowest BCUT2D eigenvalue weighted by Gasteiger charge is -2.05. The second kappa shape index (κ2) is 6.95. The Morgan fingerprint density at radius 2 is 2.27 bits per heavy atom. The molecule has 1 aromatic heterocycles. The van der Waals surface area contributed by atoms with Crippen molar-refractivity contribution < 1.29 is 4.74 Å². The number of alkyl halides is 1. The maximum absolute atomic E-state index is 5.49. The monoisotopic (exact) mass is 275 g/mol. The van der Waals surface area contributed by atoms with E-state index in [4.69, 9.17) is 4.74 Å². The lowest BCUT2D eigenvalue weighted by Crippen LogP contribution is -2.08. The van der Waals surface area contributed by atoms with E-state index in [0.717, 1.165) is 30.6 Å². The second-order valence-electron chi connectivity index (χ2n) is 3.90. The van der Waals surface area contributed by atoms with Crippen molar-refractivity contribution in [3.05, 3.63) is 11.9 Å². The minimum atomic E-state index is 0.705. The third-order valence-electron chi connectivity index (χ3n) is 2.03. The van der Waals surface area contributed by atoms with Crippen LogP contribution in [0.5, 0.6) is 0 Å². The van der Waals surface area contributed by atoms with Crippen LogP contribution in [-0.2, 0) is 16.6 Å². The standard InChI is InChI=1S/C10H18BrN3O/c1-9(2)3-5-15-6-4-14-8-10(7-11)12-13-14/h8-9H,3-7H2,1-2H3. The molecule has 5 heteroatoms. The quantitative estimate of drug-likeness (QED) is 0.566. The molecule has 0 unspecified atom stereocenters. The first-order chi connectivity index (χ1) is 7.22. The van der Waals surface area contributed by atoms with Crippen LogP contribution in [0.3, 0.4) is 0 Å². The SMILES string of the molecule is CC(C)CCOCCn1cc(CBr)nn1. The van der Waals surface area contributed by atoms with Crippen LogP contribution in [0, 0.1) is 5.92 Å². The summed E-state index contributed by atoms with van der Waals surface area (Å²) >= 11 is 3.33. The highest BCUT2D eigenvalue weighted by atomic mass is 79.9. The molecule has 0 aromatic carbocycles. The van der Waals surface area contributed by atoms with Gasteiger partial charge >= 0.3 is 0 Å². The molecule has 0 saturated heterocycles. The van der Waals surface area contributed by atoms with Gasteiger partial charge in [-0.3, -0.25) is 0 Å². The van der Waals surface area contributed by atoms with Crippen molar-refractivity contribution in [2.24, 2.45) is 5.92 Å². The number of nitrogens with zero attached hydrogens (tertiary/aromatic N) is 3. The maximum atomic E-state index is 5.49. The highest BCUT2D eigenvalue weighted by Crippen LogP contribution is 2.00. The zero-order valence-electron chi connectivity index (χ0n) is 9.32. The van der Waals surface area contributed by atoms with Crippen molar-refractivity contribution >= 4 is 15.9 Å². The van der Waals surface area contributed by atoms with Crippen molar-refractivity contribution in [3.8, 4) is 0 Å². The Balaban J connectivity index is 2.09. The minimum Gasteiger partial charge on any atom is -0.380 e. The van der Waals surface area contributed by atoms with Crippen LogP contribution in [0.15, 0.2) is 6.20 Å². The topological polar surface area (TPSA) is 39.9 Å². The van der Waals surface area contributed by atoms with E-state index in [2.05, 4.69) is 40.1 Å². The largest absolute Gasteiger partial charge is 0.380 e. The van der Waals surface area contributed by atoms with Crippen LogP contribution in [0.2, 0.25) is 0 Å². The Bertz CT molecular complexity index is 275. The molecule has 0 atom stereocenters. The molecule has 0 spiro atoms. The van der Waals surface area contributed by atoms with Gasteiger partial charge in [-0.2, -0.15) is 0 Å². The summed E-state index contributed by atoms with van der Waals surface area (Å²) in [7, 11) is 0. The van der Waals surface area contributed by atoms with E-state index < -0.39 is 0 Å². The minimum absolute atomic E-state index is 0.705. The predicted octanol–water partition coefficient (Wildman–Crippen LogP) is 2.24. The molecule has 0 aliphatic rings. The molecular formula is C10H18BrN3O. The smallest absolute Gasteiger partial charge is 0.0932 e. The highest BCUT2D eigenvalue weighted by molar-refractivity contribution is 9.08. The van der Waals surface area contributed by atoms with Gasteiger partial charge in [0.25, 0.3) is 0 Å². The third kappa shape index (κ3) is 5.28. The summed E-state index contributed by atoms with van der Waals surface area (Å²) in [6.45, 7) is 6.71. The molecule has 0 amide bonds. The van der Waals surface area contributed by atoms with Crippen molar-refractivity contribution in [2.45, 2.75) is 32.1 Å². The number of rotatable bonds is 7. The summed E-state index contributed by atoms with van der Waals surface area (Å²) in [4.78, 5) is 0. The van der Waals surface area contributed by atoms with Crippen LogP contribution >= 0.6 is 15.9 Å². The van der Waals surface area contributed by atoms with Gasteiger partial charge in [-0.1, -0.05) is 35.0 Å². The average Bonchev–Trinajstić information content (AvgIpc) is 2.65. The number of hydrogen-bond donors (Lipinski definition) is 0. The number of ether oxygens (including phenoxy) is 1. The van der Waals surface area contributed by atoms with Gasteiger partial charge in [0.2, 0.25) is 0 Å². The zero-order valence-corrected chi connectivity index (χ0v) is 10.9. The summed E-state index contributed by atoms with van der Waals surface area (Å²) in [5, 5.41) is 8.70. The van der Waals surface area contributed by atoms with Gasteiger partial charge < -0.3 is 4.74 Å². The van der Waals surface area contributed by atoms with Gasteiger partial charge in [0.15, 0.2) is 0 Å². The third-order valence-corrected chi connectivity index (χ3v) is 2.60. The Kier molecular flexibility index (Phi) is 5.86. The first-order valence-electron chi connectivity index (χ1n) is 5.25. The molecule has 0 aliphatic carbocycles. The first-order valence-corrected chi connectivity index (χ1v) is 6.37. The lowest BCUT2D eigenvalue weighted by molar-refractivity contribution is 0.113. The lowest BCUT2D eigenvalue weighted by atomic mass is 10.1. The molecule has 1 rings (SSSR count). The molecule has 0 N–H and O–H groups in total. The summed E-state index contributed by atoms with van der Waals surface area (Å²) < 4.78 is 7.30. The van der Waals surface area contributed by atoms with Crippen LogP contribution in [0.4, 0.5) is 0 Å². The van der Waals surface area contributed by atoms with E-state index in [1.165, 1.54) is 0 Å². The Morgan fingerprint density at radius 1 is 1.47 bits per heavy atom. The van der Waals surface area contributed by atoms with Gasteiger partial charge in [-0.25, -0.2) is 4.68 Å². The van der Waals surface area contributed by atoms with E-state index in [1.807, 2.05) is 10.9 Å². The Hall–Kier alpha value is -0.420. The molecule has 0 bridgehead atoms. The molecule has 15 heavy (non-hydrogen) atoms. The molecule has 0 fully saturated rings. The van der Waals surface area contributed by atoms with Crippen molar-refractivity contribution in [1.82, 2.24) is 15.0 Å². The molecule has 4 nitrogen and oxygen atoms in total. The second-order valence-corrected chi connectivity index (χ2v) is 4.46. The fourth-order valence-electron chi connectivity index (χ4n) is 1.09. The summed E-state index contributed by atoms with van der Waals surface area (Å²) in [5.74, 6) is 0.705. The normalized spacial score (nSPS) is 11.2. The molecule has 0 aliphatic heterocycles. The molecule has 1 aromatic rings. The van der Waals surface area contributed by atoms with E-state index in [-0.39, 0.29) is 0 Å². The molecular weight excluding hydrogens is 258 g/mol. The Morgan fingerprint density at radius 3 is 2.87 bits per heavy atom. The van der Waals surface area contributed by atoms with Crippen LogP contribution in [0.1, 0.15) is 26.0 Å². The molecule has 0 radical (unpaired) electrons. The number of halogens is 1. The van der Waals surface area contributed by atoms with Gasteiger partial charge in [-0.15, -0.1) is 5.10 Å². The summed E-state index contributed by atoms with van der Waals surface area (Å²) in [5.41, 5.74) is 0.956. The Labute approximate surface area is 99.1 Å². The maximum Gasteiger partial charge on any atom is 0.0932 e. The van der Waals surface area contributed by atoms with Crippen molar-refractivity contribution in [1.29, 1.82) is 0 Å². The average molecular weight is 276 g/mol. The van der Waals surface area contributed by atoms with Gasteiger partial charge in [0.1, 0.15) is 0 Å². The first kappa shape index (κ1) is 12.6. The molecule has 86 valence electrons. The summed E-state index contributed by atoms with van der Waals surface area (Å²) in [6, 6.07) is 0. The van der Waals surface area contributed by atoms with E-state index in [0.29, 0.717) is 12.5 Å². The fraction of sp³-hybridized carbons (Fsp3) is 0.800. The van der Waals surface area contributed by atoms with Crippen molar-refractivity contribution in [2.75, 3.05) is 13.2 Å².